The molecule has 0 amide bonds. The quantitative estimate of drug-likeness (QED) is 0.632. The molecule has 0 aromatic rings. The van der Waals surface area contributed by atoms with Crippen LogP contribution in [0, 0.1) is 0 Å². The molecule has 0 radical (unpaired) electrons. The van der Waals surface area contributed by atoms with Crippen molar-refractivity contribution >= 4 is 15.9 Å². The van der Waals surface area contributed by atoms with E-state index in [9.17, 15) is 0 Å². The van der Waals surface area contributed by atoms with Crippen molar-refractivity contribution < 1.29 is 4.74 Å². The van der Waals surface area contributed by atoms with Gasteiger partial charge in [-0.3, -0.25) is 0 Å². The van der Waals surface area contributed by atoms with E-state index in [4.69, 9.17) is 4.74 Å². The van der Waals surface area contributed by atoms with Crippen molar-refractivity contribution in [2.24, 2.45) is 0 Å². The highest BCUT2D eigenvalue weighted by Crippen LogP contribution is 2.15. The van der Waals surface area contributed by atoms with E-state index in [0.717, 1.165) is 11.9 Å². The van der Waals surface area contributed by atoms with Gasteiger partial charge in [0.05, 0.1) is 6.10 Å². The number of ether oxygens (including phenoxy) is 1. The van der Waals surface area contributed by atoms with E-state index < -0.39 is 0 Å². The van der Waals surface area contributed by atoms with Gasteiger partial charge < -0.3 is 4.74 Å². The summed E-state index contributed by atoms with van der Waals surface area (Å²) in [5.74, 6) is 0. The normalized spacial score (nSPS) is 27.9. The van der Waals surface area contributed by atoms with Crippen LogP contribution in [0.1, 0.15) is 32.1 Å². The molecule has 1 rings (SSSR count). The Balaban J connectivity index is 2.15. The highest BCUT2D eigenvalue weighted by atomic mass is 79.9. The molecule has 1 atom stereocenters. The van der Waals surface area contributed by atoms with Crippen molar-refractivity contribution in [3.8, 4) is 0 Å². The summed E-state index contributed by atoms with van der Waals surface area (Å²) >= 11 is 3.43. The Labute approximate surface area is 71.3 Å². The number of hydrogen-bond acceptors (Lipinski definition) is 1. The number of rotatable bonds is 2. The molecule has 1 unspecified atom stereocenters. The predicted molar refractivity (Wildman–Crippen MR) is 46.6 cm³/mol. The molecule has 1 nitrogen and oxygen atoms in total. The summed E-state index contributed by atoms with van der Waals surface area (Å²) in [5.41, 5.74) is 0. The van der Waals surface area contributed by atoms with Gasteiger partial charge >= 0.3 is 0 Å². The van der Waals surface area contributed by atoms with Crippen LogP contribution in [0.15, 0.2) is 0 Å². The second-order valence-corrected chi connectivity index (χ2v) is 3.61. The molecule has 0 bridgehead atoms. The van der Waals surface area contributed by atoms with E-state index in [2.05, 4.69) is 15.9 Å². The zero-order valence-electron chi connectivity index (χ0n) is 6.31. The van der Waals surface area contributed by atoms with Gasteiger partial charge in [-0.25, -0.2) is 0 Å². The molecule has 0 spiro atoms. The average Bonchev–Trinajstić information content (AvgIpc) is 2.17. The first-order valence-electron chi connectivity index (χ1n) is 4.11. The lowest BCUT2D eigenvalue weighted by Crippen LogP contribution is -2.11. The summed E-state index contributed by atoms with van der Waals surface area (Å²) in [6.07, 6.45) is 6.97. The first kappa shape index (κ1) is 8.54. The highest BCUT2D eigenvalue weighted by molar-refractivity contribution is 9.09. The summed E-state index contributed by atoms with van der Waals surface area (Å²) in [7, 11) is 0. The molecule has 2 heteroatoms. The van der Waals surface area contributed by atoms with Crippen molar-refractivity contribution in [3.05, 3.63) is 0 Å². The molecule has 10 heavy (non-hydrogen) atoms. The molecule has 1 fully saturated rings. The van der Waals surface area contributed by atoms with Crippen LogP contribution in [0.25, 0.3) is 0 Å². The minimum absolute atomic E-state index is 0.543. The van der Waals surface area contributed by atoms with E-state index in [0.29, 0.717) is 6.10 Å². The van der Waals surface area contributed by atoms with Gasteiger partial charge in [0.15, 0.2) is 0 Å². The first-order chi connectivity index (χ1) is 4.93. The lowest BCUT2D eigenvalue weighted by Gasteiger charge is -2.12. The fraction of sp³-hybridized carbons (Fsp3) is 1.00. The summed E-state index contributed by atoms with van der Waals surface area (Å²) in [6.45, 7) is 0.984. The maximum absolute atomic E-state index is 5.61. The van der Waals surface area contributed by atoms with Crippen LogP contribution in [0.2, 0.25) is 0 Å². The van der Waals surface area contributed by atoms with Crippen LogP contribution >= 0.6 is 15.9 Å². The number of halogens is 1. The summed E-state index contributed by atoms with van der Waals surface area (Å²) in [4.78, 5) is 0. The highest BCUT2D eigenvalue weighted by Gasteiger charge is 2.10. The van der Waals surface area contributed by atoms with Crippen LogP contribution < -0.4 is 0 Å². The molecule has 1 aliphatic rings. The second-order valence-electron chi connectivity index (χ2n) is 2.82. The third-order valence-corrected chi connectivity index (χ3v) is 2.41. The lowest BCUT2D eigenvalue weighted by molar-refractivity contribution is 0.0574. The molecular weight excluding hydrogens is 192 g/mol. The zero-order valence-corrected chi connectivity index (χ0v) is 7.90. The maximum atomic E-state index is 5.61. The molecule has 1 saturated heterocycles. The van der Waals surface area contributed by atoms with E-state index in [1.54, 1.807) is 0 Å². The average molecular weight is 207 g/mol. The van der Waals surface area contributed by atoms with Gasteiger partial charge in [0.25, 0.3) is 0 Å². The number of hydrogen-bond donors (Lipinski definition) is 0. The van der Waals surface area contributed by atoms with Gasteiger partial charge in [0.2, 0.25) is 0 Å². The smallest absolute Gasteiger partial charge is 0.0583 e. The Morgan fingerprint density at radius 2 is 2.20 bits per heavy atom. The topological polar surface area (TPSA) is 9.23 Å². The fourth-order valence-electron chi connectivity index (χ4n) is 1.33. The summed E-state index contributed by atoms with van der Waals surface area (Å²) in [5, 5.41) is 1.08. The summed E-state index contributed by atoms with van der Waals surface area (Å²) in [6, 6.07) is 0. The second kappa shape index (κ2) is 5.14. The van der Waals surface area contributed by atoms with Gasteiger partial charge in [0.1, 0.15) is 0 Å². The van der Waals surface area contributed by atoms with E-state index in [-0.39, 0.29) is 0 Å². The van der Waals surface area contributed by atoms with Crippen molar-refractivity contribution in [1.29, 1.82) is 0 Å². The molecular formula is C8H15BrO. The molecule has 0 saturated carbocycles. The van der Waals surface area contributed by atoms with Crippen LogP contribution in [0.4, 0.5) is 0 Å². The van der Waals surface area contributed by atoms with Crippen molar-refractivity contribution in [2.75, 3.05) is 11.9 Å². The Morgan fingerprint density at radius 1 is 1.30 bits per heavy atom. The monoisotopic (exact) mass is 206 g/mol. The predicted octanol–water partition coefficient (Wildman–Crippen LogP) is 2.73. The van der Waals surface area contributed by atoms with E-state index >= 15 is 0 Å². The molecule has 0 aliphatic carbocycles. The van der Waals surface area contributed by atoms with Gasteiger partial charge in [-0.05, 0) is 19.3 Å². The molecule has 0 N–H and O–H groups in total. The molecule has 1 heterocycles. The number of alkyl halides is 1. The zero-order chi connectivity index (χ0) is 7.23. The van der Waals surface area contributed by atoms with Gasteiger partial charge in [-0.2, -0.15) is 0 Å². The Kier molecular flexibility index (Phi) is 4.39. The van der Waals surface area contributed by atoms with Gasteiger partial charge in [0, 0.05) is 11.9 Å². The third kappa shape index (κ3) is 3.02. The molecule has 60 valence electrons. The van der Waals surface area contributed by atoms with Crippen molar-refractivity contribution in [3.63, 3.8) is 0 Å². The largest absolute Gasteiger partial charge is 0.378 e. The van der Waals surface area contributed by atoms with Crippen LogP contribution in [0.3, 0.4) is 0 Å². The maximum Gasteiger partial charge on any atom is 0.0583 e. The van der Waals surface area contributed by atoms with Crippen LogP contribution in [-0.2, 0) is 4.74 Å². The minimum atomic E-state index is 0.543. The van der Waals surface area contributed by atoms with Crippen molar-refractivity contribution in [1.82, 2.24) is 0 Å². The molecule has 0 aromatic carbocycles. The van der Waals surface area contributed by atoms with Crippen molar-refractivity contribution in [2.45, 2.75) is 38.2 Å². The summed E-state index contributed by atoms with van der Waals surface area (Å²) < 4.78 is 5.61. The van der Waals surface area contributed by atoms with E-state index in [1.165, 1.54) is 32.1 Å². The first-order valence-corrected chi connectivity index (χ1v) is 5.23. The van der Waals surface area contributed by atoms with Gasteiger partial charge in [-0.1, -0.05) is 28.8 Å². The Morgan fingerprint density at radius 3 is 3.00 bits per heavy atom. The van der Waals surface area contributed by atoms with Crippen LogP contribution in [0.5, 0.6) is 0 Å². The molecule has 1 aliphatic heterocycles. The van der Waals surface area contributed by atoms with E-state index in [1.807, 2.05) is 0 Å². The Hall–Kier alpha value is 0.440. The minimum Gasteiger partial charge on any atom is -0.378 e. The Bertz CT molecular complexity index is 77.3. The standard InChI is InChI=1S/C8H15BrO/c9-6-5-8-4-2-1-3-7-10-8/h8H,1-7H2. The molecule has 0 aromatic heterocycles. The third-order valence-electron chi connectivity index (χ3n) is 1.96. The lowest BCUT2D eigenvalue weighted by atomic mass is 10.1. The SMILES string of the molecule is BrCCC1CCCCCO1. The van der Waals surface area contributed by atoms with Gasteiger partial charge in [-0.15, -0.1) is 0 Å². The van der Waals surface area contributed by atoms with Crippen LogP contribution in [-0.4, -0.2) is 18.0 Å². The fourth-order valence-corrected chi connectivity index (χ4v) is 1.84.